The quantitative estimate of drug-likeness (QED) is 0.686. The number of fused-ring (bicyclic) bond motifs is 2. The Morgan fingerprint density at radius 1 is 1.12 bits per heavy atom. The summed E-state index contributed by atoms with van der Waals surface area (Å²) >= 11 is 0. The van der Waals surface area contributed by atoms with E-state index < -0.39 is 0 Å². The Balaban J connectivity index is 1.86. The van der Waals surface area contributed by atoms with Crippen LogP contribution in [0, 0.1) is 17.8 Å². The molecule has 0 radical (unpaired) electrons. The fourth-order valence-corrected chi connectivity index (χ4v) is 3.41. The molecule has 2 N–H and O–H groups in total. The Morgan fingerprint density at radius 2 is 1.76 bits per heavy atom. The van der Waals surface area contributed by atoms with Crippen molar-refractivity contribution in [1.82, 2.24) is 4.90 Å². The topological polar surface area (TPSA) is 43.7 Å². The van der Waals surface area contributed by atoms with E-state index in [1.807, 2.05) is 13.8 Å². The Labute approximate surface area is 104 Å². The summed E-state index contributed by atoms with van der Waals surface area (Å²) in [4.78, 5) is 2.22. The number of allylic oxidation sites excluding steroid dienone is 2. The Hall–Kier alpha value is -0.380. The van der Waals surface area contributed by atoms with E-state index in [0.29, 0.717) is 13.1 Å². The van der Waals surface area contributed by atoms with Gasteiger partial charge in [-0.1, -0.05) is 12.2 Å². The molecule has 0 aromatic rings. The van der Waals surface area contributed by atoms with Crippen LogP contribution in [-0.4, -0.2) is 47.0 Å². The standard InChI is InChI=1S/C14H25NO2/c1-10(16)7-15(8-11(2)17)9-14-6-12-3-4-13(14)5-12/h3-4,10-14,16-17H,5-9H2,1-2H3. The van der Waals surface area contributed by atoms with E-state index >= 15 is 0 Å². The van der Waals surface area contributed by atoms with Crippen LogP contribution in [0.15, 0.2) is 12.2 Å². The molecular weight excluding hydrogens is 214 g/mol. The van der Waals surface area contributed by atoms with Crippen molar-refractivity contribution in [2.75, 3.05) is 19.6 Å². The lowest BCUT2D eigenvalue weighted by Gasteiger charge is -2.30. The van der Waals surface area contributed by atoms with Crippen LogP contribution in [0.2, 0.25) is 0 Å². The smallest absolute Gasteiger partial charge is 0.0639 e. The van der Waals surface area contributed by atoms with Crippen molar-refractivity contribution in [3.63, 3.8) is 0 Å². The second-order valence-electron chi connectivity index (χ2n) is 5.96. The molecule has 2 bridgehead atoms. The highest BCUT2D eigenvalue weighted by atomic mass is 16.3. The van der Waals surface area contributed by atoms with Crippen LogP contribution in [-0.2, 0) is 0 Å². The molecule has 0 heterocycles. The highest BCUT2D eigenvalue weighted by molar-refractivity contribution is 5.10. The van der Waals surface area contributed by atoms with Gasteiger partial charge >= 0.3 is 0 Å². The molecule has 0 saturated heterocycles. The maximum atomic E-state index is 9.50. The van der Waals surface area contributed by atoms with Crippen LogP contribution in [0.25, 0.3) is 0 Å². The molecule has 0 aromatic heterocycles. The van der Waals surface area contributed by atoms with Gasteiger partial charge in [-0.15, -0.1) is 0 Å². The molecule has 2 aliphatic carbocycles. The molecule has 2 aliphatic rings. The zero-order valence-electron chi connectivity index (χ0n) is 10.9. The summed E-state index contributed by atoms with van der Waals surface area (Å²) in [5, 5.41) is 19.0. The summed E-state index contributed by atoms with van der Waals surface area (Å²) < 4.78 is 0. The van der Waals surface area contributed by atoms with E-state index in [-0.39, 0.29) is 12.2 Å². The van der Waals surface area contributed by atoms with Gasteiger partial charge in [0.15, 0.2) is 0 Å². The third-order valence-corrected chi connectivity index (χ3v) is 3.95. The van der Waals surface area contributed by atoms with Gasteiger partial charge in [0.05, 0.1) is 12.2 Å². The molecule has 0 amide bonds. The van der Waals surface area contributed by atoms with Gasteiger partial charge in [-0.05, 0) is 44.4 Å². The SMILES string of the molecule is CC(O)CN(CC(C)O)CC1CC2C=CC1C2. The van der Waals surface area contributed by atoms with Gasteiger partial charge in [0.1, 0.15) is 0 Å². The monoisotopic (exact) mass is 239 g/mol. The van der Waals surface area contributed by atoms with Gasteiger partial charge in [0, 0.05) is 19.6 Å². The second kappa shape index (κ2) is 5.51. The van der Waals surface area contributed by atoms with Crippen LogP contribution >= 0.6 is 0 Å². The molecule has 0 aromatic carbocycles. The van der Waals surface area contributed by atoms with Gasteiger partial charge in [0.2, 0.25) is 0 Å². The van der Waals surface area contributed by atoms with Gasteiger partial charge in [-0.25, -0.2) is 0 Å². The van der Waals surface area contributed by atoms with E-state index in [0.717, 1.165) is 24.3 Å². The van der Waals surface area contributed by atoms with Crippen molar-refractivity contribution in [2.24, 2.45) is 17.8 Å². The van der Waals surface area contributed by atoms with Gasteiger partial charge < -0.3 is 10.2 Å². The molecular formula is C14H25NO2. The fraction of sp³-hybridized carbons (Fsp3) is 0.857. The van der Waals surface area contributed by atoms with Crippen LogP contribution in [0.4, 0.5) is 0 Å². The average molecular weight is 239 g/mol. The first-order valence-corrected chi connectivity index (χ1v) is 6.81. The van der Waals surface area contributed by atoms with Crippen LogP contribution in [0.1, 0.15) is 26.7 Å². The predicted octanol–water partition coefficient (Wildman–Crippen LogP) is 1.26. The Kier molecular flexibility index (Phi) is 4.23. The third-order valence-electron chi connectivity index (χ3n) is 3.95. The summed E-state index contributed by atoms with van der Waals surface area (Å²) in [5.74, 6) is 2.26. The van der Waals surface area contributed by atoms with Crippen molar-refractivity contribution in [3.05, 3.63) is 12.2 Å². The summed E-state index contributed by atoms with van der Waals surface area (Å²) in [6.45, 7) is 5.98. The summed E-state index contributed by atoms with van der Waals surface area (Å²) in [7, 11) is 0. The minimum absolute atomic E-state index is 0.317. The zero-order valence-corrected chi connectivity index (χ0v) is 10.9. The van der Waals surface area contributed by atoms with Crippen molar-refractivity contribution >= 4 is 0 Å². The first-order valence-electron chi connectivity index (χ1n) is 6.81. The first-order chi connectivity index (χ1) is 8.04. The van der Waals surface area contributed by atoms with E-state index in [2.05, 4.69) is 17.1 Å². The van der Waals surface area contributed by atoms with E-state index in [4.69, 9.17) is 0 Å². The maximum absolute atomic E-state index is 9.50. The normalized spacial score (nSPS) is 34.5. The van der Waals surface area contributed by atoms with E-state index in [1.165, 1.54) is 12.8 Å². The first kappa shape index (κ1) is 13.1. The molecule has 0 aliphatic heterocycles. The summed E-state index contributed by atoms with van der Waals surface area (Å²) in [6, 6.07) is 0. The minimum atomic E-state index is -0.317. The molecule has 98 valence electrons. The molecule has 2 rings (SSSR count). The molecule has 3 nitrogen and oxygen atoms in total. The number of aliphatic hydroxyl groups is 2. The maximum Gasteiger partial charge on any atom is 0.0639 e. The van der Waals surface area contributed by atoms with Crippen molar-refractivity contribution in [3.8, 4) is 0 Å². The summed E-state index contributed by atoms with van der Waals surface area (Å²) in [6.07, 6.45) is 6.70. The molecule has 0 spiro atoms. The highest BCUT2D eigenvalue weighted by Gasteiger charge is 2.36. The predicted molar refractivity (Wildman–Crippen MR) is 68.6 cm³/mol. The molecule has 5 atom stereocenters. The molecule has 5 unspecified atom stereocenters. The number of nitrogens with zero attached hydrogens (tertiary/aromatic N) is 1. The van der Waals surface area contributed by atoms with E-state index in [9.17, 15) is 10.2 Å². The average Bonchev–Trinajstić information content (AvgIpc) is 2.76. The number of hydrogen-bond donors (Lipinski definition) is 2. The molecule has 3 heteroatoms. The zero-order chi connectivity index (χ0) is 12.4. The molecule has 1 saturated carbocycles. The number of rotatable bonds is 6. The van der Waals surface area contributed by atoms with Gasteiger partial charge in [0.25, 0.3) is 0 Å². The lowest BCUT2D eigenvalue weighted by molar-refractivity contribution is 0.0710. The fourth-order valence-electron chi connectivity index (χ4n) is 3.41. The lowest BCUT2D eigenvalue weighted by Crippen LogP contribution is -2.40. The van der Waals surface area contributed by atoms with Crippen molar-refractivity contribution in [1.29, 1.82) is 0 Å². The second-order valence-corrected chi connectivity index (χ2v) is 5.96. The molecule has 17 heavy (non-hydrogen) atoms. The Bertz CT molecular complexity index is 265. The third kappa shape index (κ3) is 3.54. The highest BCUT2D eigenvalue weighted by Crippen LogP contribution is 2.43. The number of aliphatic hydroxyl groups excluding tert-OH is 2. The van der Waals surface area contributed by atoms with Crippen molar-refractivity contribution in [2.45, 2.75) is 38.9 Å². The van der Waals surface area contributed by atoms with Crippen LogP contribution in [0.3, 0.4) is 0 Å². The summed E-state index contributed by atoms with van der Waals surface area (Å²) in [5.41, 5.74) is 0. The van der Waals surface area contributed by atoms with Crippen molar-refractivity contribution < 1.29 is 10.2 Å². The Morgan fingerprint density at radius 3 is 2.18 bits per heavy atom. The largest absolute Gasteiger partial charge is 0.392 e. The van der Waals surface area contributed by atoms with E-state index in [1.54, 1.807) is 0 Å². The van der Waals surface area contributed by atoms with Gasteiger partial charge in [-0.2, -0.15) is 0 Å². The number of hydrogen-bond acceptors (Lipinski definition) is 3. The van der Waals surface area contributed by atoms with Crippen LogP contribution < -0.4 is 0 Å². The van der Waals surface area contributed by atoms with Crippen LogP contribution in [0.5, 0.6) is 0 Å². The minimum Gasteiger partial charge on any atom is -0.392 e. The van der Waals surface area contributed by atoms with Gasteiger partial charge in [-0.3, -0.25) is 4.90 Å². The lowest BCUT2D eigenvalue weighted by atomic mass is 9.93. The molecule has 1 fully saturated rings.